The zero-order valence-corrected chi connectivity index (χ0v) is 13.1. The number of benzene rings is 2. The van der Waals surface area contributed by atoms with Gasteiger partial charge in [-0.15, -0.1) is 0 Å². The summed E-state index contributed by atoms with van der Waals surface area (Å²) in [6.07, 6.45) is 0. The van der Waals surface area contributed by atoms with Gasteiger partial charge in [0.05, 0.1) is 5.56 Å². The molecule has 5 heteroatoms. The Bertz CT molecular complexity index is 643. The van der Waals surface area contributed by atoms with Crippen molar-refractivity contribution < 1.29 is 14.3 Å². The highest BCUT2D eigenvalue weighted by Gasteiger charge is 2.11. The van der Waals surface area contributed by atoms with Gasteiger partial charge < -0.3 is 5.11 Å². The third kappa shape index (κ3) is 4.37. The Morgan fingerprint density at radius 3 is 2.33 bits per heavy atom. The summed E-state index contributed by atoms with van der Waals surface area (Å²) in [5, 5.41) is 8.93. The van der Waals surface area contributed by atoms with E-state index in [1.807, 2.05) is 36.2 Å². The molecular weight excluding hydrogens is 337 g/mol. The first kappa shape index (κ1) is 15.7. The summed E-state index contributed by atoms with van der Waals surface area (Å²) in [6.45, 7) is 1.28. The standard InChI is InChI=1S/C16H15BrFNO2/c1-19(9-11-2-5-13(17)6-3-11)10-12-4-7-15(18)14(8-12)16(20)21/h2-8H,9-10H2,1H3,(H,20,21). The maximum atomic E-state index is 13.3. The molecule has 110 valence electrons. The highest BCUT2D eigenvalue weighted by Crippen LogP contribution is 2.15. The van der Waals surface area contributed by atoms with E-state index < -0.39 is 11.8 Å². The normalized spacial score (nSPS) is 10.9. The zero-order valence-electron chi connectivity index (χ0n) is 11.5. The molecule has 2 aromatic rings. The van der Waals surface area contributed by atoms with Crippen molar-refractivity contribution in [2.45, 2.75) is 13.1 Å². The fraction of sp³-hybridized carbons (Fsp3) is 0.188. The lowest BCUT2D eigenvalue weighted by atomic mass is 10.1. The van der Waals surface area contributed by atoms with E-state index in [1.54, 1.807) is 6.07 Å². The SMILES string of the molecule is CN(Cc1ccc(Br)cc1)Cc1ccc(F)c(C(=O)O)c1. The van der Waals surface area contributed by atoms with Crippen LogP contribution in [0.3, 0.4) is 0 Å². The van der Waals surface area contributed by atoms with Gasteiger partial charge in [0.15, 0.2) is 0 Å². The molecule has 0 bridgehead atoms. The number of nitrogens with zero attached hydrogens (tertiary/aromatic N) is 1. The minimum absolute atomic E-state index is 0.287. The molecular formula is C16H15BrFNO2. The molecule has 0 atom stereocenters. The van der Waals surface area contributed by atoms with Gasteiger partial charge in [-0.3, -0.25) is 4.90 Å². The topological polar surface area (TPSA) is 40.5 Å². The summed E-state index contributed by atoms with van der Waals surface area (Å²) in [7, 11) is 1.94. The first-order valence-corrected chi connectivity index (χ1v) is 7.19. The predicted octanol–water partition coefficient (Wildman–Crippen LogP) is 3.92. The van der Waals surface area contributed by atoms with Crippen LogP contribution in [-0.2, 0) is 13.1 Å². The third-order valence-corrected chi connectivity index (χ3v) is 3.61. The first-order valence-electron chi connectivity index (χ1n) is 6.40. The number of halogens is 2. The van der Waals surface area contributed by atoms with Gasteiger partial charge in [-0.05, 0) is 42.4 Å². The molecule has 0 aromatic heterocycles. The summed E-state index contributed by atoms with van der Waals surface area (Å²) in [6, 6.07) is 12.2. The molecule has 0 unspecified atom stereocenters. The van der Waals surface area contributed by atoms with Crippen LogP contribution in [-0.4, -0.2) is 23.0 Å². The number of carbonyl (C=O) groups is 1. The summed E-state index contributed by atoms with van der Waals surface area (Å²) in [5.41, 5.74) is 1.64. The van der Waals surface area contributed by atoms with Crippen molar-refractivity contribution in [2.75, 3.05) is 7.05 Å². The average Bonchev–Trinajstić information content (AvgIpc) is 2.43. The summed E-state index contributed by atoms with van der Waals surface area (Å²) in [5.74, 6) is -1.95. The molecule has 3 nitrogen and oxygen atoms in total. The Hall–Kier alpha value is -1.72. The van der Waals surface area contributed by atoms with Crippen LogP contribution in [0.4, 0.5) is 4.39 Å². The van der Waals surface area contributed by atoms with E-state index >= 15 is 0 Å². The molecule has 2 aromatic carbocycles. The van der Waals surface area contributed by atoms with Crippen molar-refractivity contribution in [3.05, 3.63) is 69.4 Å². The number of carboxylic acid groups (broad SMARTS) is 1. The zero-order chi connectivity index (χ0) is 15.4. The second kappa shape index (κ2) is 6.83. The minimum Gasteiger partial charge on any atom is -0.478 e. The molecule has 21 heavy (non-hydrogen) atoms. The van der Waals surface area contributed by atoms with Crippen LogP contribution in [0.15, 0.2) is 46.9 Å². The smallest absolute Gasteiger partial charge is 0.338 e. The number of carboxylic acids is 1. The fourth-order valence-electron chi connectivity index (χ4n) is 2.10. The fourth-order valence-corrected chi connectivity index (χ4v) is 2.37. The Labute approximate surface area is 131 Å². The van der Waals surface area contributed by atoms with E-state index in [2.05, 4.69) is 15.9 Å². The monoisotopic (exact) mass is 351 g/mol. The van der Waals surface area contributed by atoms with Crippen molar-refractivity contribution in [1.82, 2.24) is 4.90 Å². The van der Waals surface area contributed by atoms with E-state index in [0.29, 0.717) is 6.54 Å². The molecule has 0 heterocycles. The number of hydrogen-bond acceptors (Lipinski definition) is 2. The van der Waals surface area contributed by atoms with Gasteiger partial charge in [-0.25, -0.2) is 9.18 Å². The first-order chi connectivity index (χ1) is 9.95. The van der Waals surface area contributed by atoms with Gasteiger partial charge in [-0.2, -0.15) is 0 Å². The highest BCUT2D eigenvalue weighted by atomic mass is 79.9. The van der Waals surface area contributed by atoms with Crippen LogP contribution in [0.2, 0.25) is 0 Å². The molecule has 0 fully saturated rings. The molecule has 0 aliphatic rings. The van der Waals surface area contributed by atoms with Crippen LogP contribution in [0.1, 0.15) is 21.5 Å². The Morgan fingerprint density at radius 1 is 1.14 bits per heavy atom. The van der Waals surface area contributed by atoms with E-state index in [-0.39, 0.29) is 5.56 Å². The Morgan fingerprint density at radius 2 is 1.71 bits per heavy atom. The summed E-state index contributed by atoms with van der Waals surface area (Å²) < 4.78 is 14.4. The molecule has 0 amide bonds. The lowest BCUT2D eigenvalue weighted by molar-refractivity contribution is 0.0691. The van der Waals surface area contributed by atoms with E-state index in [9.17, 15) is 9.18 Å². The summed E-state index contributed by atoms with van der Waals surface area (Å²) in [4.78, 5) is 13.0. The third-order valence-electron chi connectivity index (χ3n) is 3.08. The minimum atomic E-state index is -1.25. The molecule has 0 spiro atoms. The van der Waals surface area contributed by atoms with Crippen LogP contribution in [0, 0.1) is 5.82 Å². The van der Waals surface area contributed by atoms with E-state index in [0.717, 1.165) is 22.1 Å². The number of rotatable bonds is 5. The van der Waals surface area contributed by atoms with Gasteiger partial charge in [0.25, 0.3) is 0 Å². The Kier molecular flexibility index (Phi) is 5.09. The van der Waals surface area contributed by atoms with Gasteiger partial charge in [0, 0.05) is 17.6 Å². The number of hydrogen-bond donors (Lipinski definition) is 1. The van der Waals surface area contributed by atoms with Gasteiger partial charge in [0.1, 0.15) is 5.82 Å². The van der Waals surface area contributed by atoms with Crippen LogP contribution >= 0.6 is 15.9 Å². The van der Waals surface area contributed by atoms with Crippen molar-refractivity contribution >= 4 is 21.9 Å². The predicted molar refractivity (Wildman–Crippen MR) is 82.7 cm³/mol. The van der Waals surface area contributed by atoms with Crippen LogP contribution < -0.4 is 0 Å². The molecule has 2 rings (SSSR count). The molecule has 0 aliphatic carbocycles. The maximum absolute atomic E-state index is 13.3. The van der Waals surface area contributed by atoms with Crippen molar-refractivity contribution in [1.29, 1.82) is 0 Å². The Balaban J connectivity index is 2.05. The largest absolute Gasteiger partial charge is 0.478 e. The lowest BCUT2D eigenvalue weighted by Gasteiger charge is -2.17. The maximum Gasteiger partial charge on any atom is 0.338 e. The quantitative estimate of drug-likeness (QED) is 0.887. The van der Waals surface area contributed by atoms with Crippen LogP contribution in [0.5, 0.6) is 0 Å². The van der Waals surface area contributed by atoms with Crippen LogP contribution in [0.25, 0.3) is 0 Å². The molecule has 0 saturated heterocycles. The number of aromatic carboxylic acids is 1. The lowest BCUT2D eigenvalue weighted by Crippen LogP contribution is -2.17. The van der Waals surface area contributed by atoms with E-state index in [1.165, 1.54) is 12.1 Å². The molecule has 0 saturated carbocycles. The molecule has 0 radical (unpaired) electrons. The van der Waals surface area contributed by atoms with Crippen molar-refractivity contribution in [3.63, 3.8) is 0 Å². The van der Waals surface area contributed by atoms with Gasteiger partial charge in [0.2, 0.25) is 0 Å². The molecule has 1 N–H and O–H groups in total. The van der Waals surface area contributed by atoms with Crippen molar-refractivity contribution in [3.8, 4) is 0 Å². The molecule has 0 aliphatic heterocycles. The van der Waals surface area contributed by atoms with Gasteiger partial charge >= 0.3 is 5.97 Å². The van der Waals surface area contributed by atoms with Crippen molar-refractivity contribution in [2.24, 2.45) is 0 Å². The average molecular weight is 352 g/mol. The second-order valence-electron chi connectivity index (χ2n) is 4.92. The highest BCUT2D eigenvalue weighted by molar-refractivity contribution is 9.10. The van der Waals surface area contributed by atoms with Gasteiger partial charge in [-0.1, -0.05) is 34.1 Å². The second-order valence-corrected chi connectivity index (χ2v) is 5.83. The van der Waals surface area contributed by atoms with E-state index in [4.69, 9.17) is 5.11 Å². The summed E-state index contributed by atoms with van der Waals surface area (Å²) >= 11 is 3.39.